The molecule has 0 amide bonds. The van der Waals surface area contributed by atoms with Crippen molar-refractivity contribution in [1.82, 2.24) is 0 Å². The summed E-state index contributed by atoms with van der Waals surface area (Å²) in [6.45, 7) is 4.35. The van der Waals surface area contributed by atoms with Crippen LogP contribution in [0, 0.1) is 0 Å². The maximum atomic E-state index is 6.30. The summed E-state index contributed by atoms with van der Waals surface area (Å²) in [6.07, 6.45) is 4.66. The average molecular weight is 291 g/mol. The first-order valence-corrected chi connectivity index (χ1v) is 7.96. The second-order valence-electron chi connectivity index (χ2n) is 6.07. The zero-order valence-electron chi connectivity index (χ0n) is 12.8. The molecule has 4 heteroatoms. The van der Waals surface area contributed by atoms with Gasteiger partial charge in [-0.3, -0.25) is 0 Å². The molecule has 0 unspecified atom stereocenters. The second kappa shape index (κ2) is 5.95. The van der Waals surface area contributed by atoms with Crippen LogP contribution >= 0.6 is 0 Å². The van der Waals surface area contributed by atoms with Gasteiger partial charge in [-0.15, -0.1) is 0 Å². The van der Waals surface area contributed by atoms with Gasteiger partial charge in [-0.05, 0) is 37.0 Å². The third-order valence-corrected chi connectivity index (χ3v) is 4.65. The van der Waals surface area contributed by atoms with E-state index in [1.165, 1.54) is 5.56 Å². The highest BCUT2D eigenvalue weighted by Crippen LogP contribution is 2.47. The van der Waals surface area contributed by atoms with E-state index < -0.39 is 0 Å². The molecule has 0 atom stereocenters. The molecule has 1 saturated heterocycles. The summed E-state index contributed by atoms with van der Waals surface area (Å²) < 4.78 is 18.0. The van der Waals surface area contributed by atoms with Gasteiger partial charge in [0.1, 0.15) is 0 Å². The SMILES string of the molecule is CCCOC1(c2ccc(N)cc2)CCC2(CC1)OCCO2. The molecule has 1 aliphatic heterocycles. The normalized spacial score (nSPS) is 23.5. The first-order valence-electron chi connectivity index (χ1n) is 7.96. The third-order valence-electron chi connectivity index (χ3n) is 4.65. The van der Waals surface area contributed by atoms with E-state index in [9.17, 15) is 0 Å². The molecule has 1 saturated carbocycles. The summed E-state index contributed by atoms with van der Waals surface area (Å²) in [5, 5.41) is 0. The molecule has 1 aromatic carbocycles. The van der Waals surface area contributed by atoms with Crippen molar-refractivity contribution in [1.29, 1.82) is 0 Å². The highest BCUT2D eigenvalue weighted by atomic mass is 16.7. The maximum Gasteiger partial charge on any atom is 0.168 e. The Morgan fingerprint density at radius 1 is 1.05 bits per heavy atom. The average Bonchev–Trinajstić information content (AvgIpc) is 2.97. The van der Waals surface area contributed by atoms with Crippen LogP contribution < -0.4 is 5.73 Å². The van der Waals surface area contributed by atoms with E-state index in [1.807, 2.05) is 12.1 Å². The van der Waals surface area contributed by atoms with E-state index in [0.717, 1.165) is 44.4 Å². The van der Waals surface area contributed by atoms with Crippen LogP contribution in [0.15, 0.2) is 24.3 Å². The van der Waals surface area contributed by atoms with Crippen molar-refractivity contribution in [2.24, 2.45) is 0 Å². The number of nitrogens with two attached hydrogens (primary N) is 1. The van der Waals surface area contributed by atoms with Gasteiger partial charge in [-0.2, -0.15) is 0 Å². The highest BCUT2D eigenvalue weighted by molar-refractivity contribution is 5.41. The summed E-state index contributed by atoms with van der Waals surface area (Å²) in [7, 11) is 0. The Balaban J connectivity index is 1.80. The zero-order chi connectivity index (χ0) is 14.8. The van der Waals surface area contributed by atoms with Crippen molar-refractivity contribution >= 4 is 5.69 Å². The van der Waals surface area contributed by atoms with Crippen molar-refractivity contribution in [3.8, 4) is 0 Å². The Morgan fingerprint density at radius 3 is 2.24 bits per heavy atom. The molecule has 2 N–H and O–H groups in total. The van der Waals surface area contributed by atoms with Crippen LogP contribution in [-0.2, 0) is 19.8 Å². The fraction of sp³-hybridized carbons (Fsp3) is 0.647. The zero-order valence-corrected chi connectivity index (χ0v) is 12.8. The number of hydrogen-bond acceptors (Lipinski definition) is 4. The van der Waals surface area contributed by atoms with Crippen LogP contribution in [-0.4, -0.2) is 25.6 Å². The lowest BCUT2D eigenvalue weighted by molar-refractivity contribution is -0.213. The molecule has 4 nitrogen and oxygen atoms in total. The molecule has 2 aliphatic rings. The number of hydrogen-bond donors (Lipinski definition) is 1. The summed E-state index contributed by atoms with van der Waals surface area (Å²) in [4.78, 5) is 0. The lowest BCUT2D eigenvalue weighted by atomic mass is 9.76. The van der Waals surface area contributed by atoms with Gasteiger partial charge < -0.3 is 19.9 Å². The van der Waals surface area contributed by atoms with Crippen molar-refractivity contribution in [3.63, 3.8) is 0 Å². The van der Waals surface area contributed by atoms with Crippen LogP contribution in [0.3, 0.4) is 0 Å². The van der Waals surface area contributed by atoms with Gasteiger partial charge in [0.2, 0.25) is 0 Å². The van der Waals surface area contributed by atoms with Gasteiger partial charge in [0.15, 0.2) is 5.79 Å². The quantitative estimate of drug-likeness (QED) is 0.866. The van der Waals surface area contributed by atoms with Crippen LogP contribution in [0.5, 0.6) is 0 Å². The van der Waals surface area contributed by atoms with Crippen LogP contribution in [0.4, 0.5) is 5.69 Å². The Bertz CT molecular complexity index is 455. The van der Waals surface area contributed by atoms with E-state index >= 15 is 0 Å². The number of nitrogen functional groups attached to an aromatic ring is 1. The van der Waals surface area contributed by atoms with E-state index in [0.29, 0.717) is 13.2 Å². The van der Waals surface area contributed by atoms with Gasteiger partial charge in [0.25, 0.3) is 0 Å². The van der Waals surface area contributed by atoms with E-state index in [1.54, 1.807) is 0 Å². The predicted molar refractivity (Wildman–Crippen MR) is 81.9 cm³/mol. The Kier molecular flexibility index (Phi) is 4.20. The fourth-order valence-corrected chi connectivity index (χ4v) is 3.42. The van der Waals surface area contributed by atoms with Gasteiger partial charge in [-0.1, -0.05) is 19.1 Å². The fourth-order valence-electron chi connectivity index (χ4n) is 3.42. The van der Waals surface area contributed by atoms with Crippen LogP contribution in [0.1, 0.15) is 44.6 Å². The number of ether oxygens (including phenoxy) is 3. The van der Waals surface area contributed by atoms with Crippen LogP contribution in [0.25, 0.3) is 0 Å². The minimum atomic E-state index is -0.354. The molecule has 0 aromatic heterocycles. The van der Waals surface area contributed by atoms with Crippen molar-refractivity contribution in [2.75, 3.05) is 25.6 Å². The molecule has 21 heavy (non-hydrogen) atoms. The van der Waals surface area contributed by atoms with E-state index in [2.05, 4.69) is 19.1 Å². The minimum Gasteiger partial charge on any atom is -0.399 e. The topological polar surface area (TPSA) is 53.7 Å². The first-order chi connectivity index (χ1) is 10.2. The molecule has 116 valence electrons. The van der Waals surface area contributed by atoms with Gasteiger partial charge in [0, 0.05) is 25.1 Å². The van der Waals surface area contributed by atoms with Crippen molar-refractivity contribution in [2.45, 2.75) is 50.4 Å². The number of anilines is 1. The number of rotatable bonds is 4. The molecule has 0 radical (unpaired) electrons. The predicted octanol–water partition coefficient (Wildman–Crippen LogP) is 3.21. The molecule has 1 spiro atoms. The second-order valence-corrected chi connectivity index (χ2v) is 6.07. The maximum absolute atomic E-state index is 6.30. The Labute approximate surface area is 126 Å². The highest BCUT2D eigenvalue weighted by Gasteiger charge is 2.47. The summed E-state index contributed by atoms with van der Waals surface area (Å²) in [5.74, 6) is -0.354. The van der Waals surface area contributed by atoms with Gasteiger partial charge in [-0.25, -0.2) is 0 Å². The smallest absolute Gasteiger partial charge is 0.168 e. The van der Waals surface area contributed by atoms with Gasteiger partial charge in [0.05, 0.1) is 18.8 Å². The molecule has 2 fully saturated rings. The molecule has 3 rings (SSSR count). The lowest BCUT2D eigenvalue weighted by Gasteiger charge is -2.44. The van der Waals surface area contributed by atoms with E-state index in [4.69, 9.17) is 19.9 Å². The standard InChI is InChI=1S/C17H25NO3/c1-2-11-19-16(14-3-5-15(18)6-4-14)7-9-17(10-8-16)20-12-13-21-17/h3-6H,2,7-13,18H2,1H3. The molecule has 1 aromatic rings. The molecule has 0 bridgehead atoms. The molecular formula is C17H25NO3. The first kappa shape index (κ1) is 14.8. The van der Waals surface area contributed by atoms with Crippen LogP contribution in [0.2, 0.25) is 0 Å². The van der Waals surface area contributed by atoms with Gasteiger partial charge >= 0.3 is 0 Å². The van der Waals surface area contributed by atoms with Crippen molar-refractivity contribution in [3.05, 3.63) is 29.8 Å². The Morgan fingerprint density at radius 2 is 1.67 bits per heavy atom. The lowest BCUT2D eigenvalue weighted by Crippen LogP contribution is -2.43. The third kappa shape index (κ3) is 2.93. The summed E-state index contributed by atoms with van der Waals surface area (Å²) in [5.41, 5.74) is 7.61. The number of benzene rings is 1. The molecular weight excluding hydrogens is 266 g/mol. The van der Waals surface area contributed by atoms with Crippen molar-refractivity contribution < 1.29 is 14.2 Å². The Hall–Kier alpha value is -1.10. The largest absolute Gasteiger partial charge is 0.399 e. The monoisotopic (exact) mass is 291 g/mol. The summed E-state index contributed by atoms with van der Waals surface area (Å²) in [6, 6.07) is 8.11. The molecule has 1 aliphatic carbocycles. The minimum absolute atomic E-state index is 0.218. The molecule has 1 heterocycles. The summed E-state index contributed by atoms with van der Waals surface area (Å²) >= 11 is 0. The van der Waals surface area contributed by atoms with E-state index in [-0.39, 0.29) is 11.4 Å².